The molecule has 0 spiro atoms. The number of carboxylic acid groups (broad SMARTS) is 3. The van der Waals surface area contributed by atoms with E-state index in [1.807, 2.05) is 6.92 Å². The van der Waals surface area contributed by atoms with Crippen LogP contribution in [-0.4, -0.2) is 62.4 Å². The summed E-state index contributed by atoms with van der Waals surface area (Å²) in [7, 11) is 0. The lowest BCUT2D eigenvalue weighted by molar-refractivity contribution is -0.973. The maximum Gasteiger partial charge on any atom is 0.362 e. The van der Waals surface area contributed by atoms with E-state index in [1.54, 1.807) is 20.8 Å². The van der Waals surface area contributed by atoms with E-state index < -0.39 is 40.5 Å². The zero-order valence-electron chi connectivity index (χ0n) is 20.6. The van der Waals surface area contributed by atoms with Crippen LogP contribution < -0.4 is 0 Å². The number of nitrogens with zero attached hydrogens (tertiary/aromatic N) is 1. The predicted molar refractivity (Wildman–Crippen MR) is 127 cm³/mol. The molecule has 0 saturated carbocycles. The van der Waals surface area contributed by atoms with Crippen LogP contribution in [0.4, 0.5) is 0 Å². The van der Waals surface area contributed by atoms with Crippen molar-refractivity contribution >= 4 is 17.9 Å². The average molecular weight is 457 g/mol. The highest BCUT2D eigenvalue weighted by Gasteiger charge is 2.55. The van der Waals surface area contributed by atoms with E-state index in [-0.39, 0.29) is 25.8 Å². The van der Waals surface area contributed by atoms with E-state index >= 15 is 0 Å². The molecule has 0 radical (unpaired) electrons. The normalized spacial score (nSPS) is 16.4. The first-order chi connectivity index (χ1) is 15.2. The molecule has 0 saturated heterocycles. The van der Waals surface area contributed by atoms with Gasteiger partial charge in [-0.25, -0.2) is 14.4 Å². The summed E-state index contributed by atoms with van der Waals surface area (Å²) in [5.74, 6) is -3.36. The Kier molecular flexibility index (Phi) is 15.7. The highest BCUT2D eigenvalue weighted by Crippen LogP contribution is 2.32. The number of hydrogen-bond acceptors (Lipinski definition) is 3. The van der Waals surface area contributed by atoms with Crippen molar-refractivity contribution in [3.63, 3.8) is 0 Å². The first-order valence-corrected chi connectivity index (χ1v) is 12.4. The fourth-order valence-electron chi connectivity index (χ4n) is 5.15. The third-order valence-electron chi connectivity index (χ3n) is 6.66. The van der Waals surface area contributed by atoms with Crippen LogP contribution in [0, 0.1) is 0 Å². The molecule has 186 valence electrons. The Balaban J connectivity index is 5.30. The van der Waals surface area contributed by atoms with E-state index in [0.29, 0.717) is 6.42 Å². The summed E-state index contributed by atoms with van der Waals surface area (Å²) >= 11 is 0. The van der Waals surface area contributed by atoms with Crippen LogP contribution in [-0.2, 0) is 14.4 Å². The second kappa shape index (κ2) is 16.7. The van der Waals surface area contributed by atoms with Gasteiger partial charge in [-0.2, -0.15) is 0 Å². The van der Waals surface area contributed by atoms with Gasteiger partial charge in [0.15, 0.2) is 18.1 Å². The van der Waals surface area contributed by atoms with Crippen LogP contribution >= 0.6 is 0 Å². The van der Waals surface area contributed by atoms with E-state index in [9.17, 15) is 29.7 Å². The summed E-state index contributed by atoms with van der Waals surface area (Å²) in [6, 6.07) is -3.18. The average Bonchev–Trinajstić information content (AvgIpc) is 2.72. The summed E-state index contributed by atoms with van der Waals surface area (Å²) < 4.78 is -0.408. The lowest BCUT2D eigenvalue weighted by Crippen LogP contribution is -2.72. The molecule has 0 bridgehead atoms. The van der Waals surface area contributed by atoms with Crippen molar-refractivity contribution in [1.82, 2.24) is 0 Å². The SMILES string of the molecule is C/C=C/CCCCCCCCCC[N+](C(CC)C(=O)O)(C(CC)C(=O)O)C(CC)C(=O)O. The minimum absolute atomic E-state index is 0.191. The summed E-state index contributed by atoms with van der Waals surface area (Å²) in [6.07, 6.45) is 14.3. The Bertz CT molecular complexity index is 534. The van der Waals surface area contributed by atoms with E-state index in [0.717, 1.165) is 32.1 Å². The number of carboxylic acids is 3. The van der Waals surface area contributed by atoms with Gasteiger partial charge < -0.3 is 15.3 Å². The standard InChI is InChI=1S/C25H45NO6/c1-5-9-10-11-12-13-14-15-16-17-18-19-26(20(6-2)23(27)28,21(7-3)24(29)30)22(8-4)25(31)32/h5,9,20-22H,6-8,10-19H2,1-4H3,(H2-,27,28,29,30,31,32)/p+1/b9-5+. The van der Waals surface area contributed by atoms with Crippen LogP contribution in [0.2, 0.25) is 0 Å². The molecule has 3 unspecified atom stereocenters. The largest absolute Gasteiger partial charge is 0.477 e. The summed E-state index contributed by atoms with van der Waals surface area (Å²) in [4.78, 5) is 36.5. The molecule has 0 aliphatic carbocycles. The Morgan fingerprint density at radius 2 is 1.00 bits per heavy atom. The van der Waals surface area contributed by atoms with Gasteiger partial charge in [-0.3, -0.25) is 4.48 Å². The third-order valence-corrected chi connectivity index (χ3v) is 6.66. The second-order valence-electron chi connectivity index (χ2n) is 8.69. The molecule has 32 heavy (non-hydrogen) atoms. The molecule has 0 rings (SSSR count). The molecule has 0 aromatic carbocycles. The van der Waals surface area contributed by atoms with Crippen LogP contribution in [0.3, 0.4) is 0 Å². The molecule has 0 amide bonds. The molecule has 0 heterocycles. The van der Waals surface area contributed by atoms with Crippen LogP contribution in [0.5, 0.6) is 0 Å². The first-order valence-electron chi connectivity index (χ1n) is 12.4. The maximum absolute atomic E-state index is 12.2. The van der Waals surface area contributed by atoms with Crippen molar-refractivity contribution in [2.75, 3.05) is 6.54 Å². The number of rotatable bonds is 20. The topological polar surface area (TPSA) is 112 Å². The van der Waals surface area contributed by atoms with Gasteiger partial charge in [0.05, 0.1) is 6.54 Å². The monoisotopic (exact) mass is 456 g/mol. The lowest BCUT2D eigenvalue weighted by Gasteiger charge is -2.49. The van der Waals surface area contributed by atoms with Crippen LogP contribution in [0.25, 0.3) is 0 Å². The number of quaternary nitrogens is 1. The molecule has 0 aliphatic rings. The van der Waals surface area contributed by atoms with Crippen molar-refractivity contribution in [1.29, 1.82) is 0 Å². The highest BCUT2D eigenvalue weighted by atomic mass is 16.4. The first kappa shape index (κ1) is 30.1. The van der Waals surface area contributed by atoms with E-state index in [1.165, 1.54) is 19.3 Å². The summed E-state index contributed by atoms with van der Waals surface area (Å²) in [6.45, 7) is 7.39. The zero-order valence-corrected chi connectivity index (χ0v) is 20.6. The van der Waals surface area contributed by atoms with Gasteiger partial charge in [0.1, 0.15) is 0 Å². The van der Waals surface area contributed by atoms with Crippen molar-refractivity contribution < 1.29 is 34.2 Å². The van der Waals surface area contributed by atoms with E-state index in [4.69, 9.17) is 0 Å². The van der Waals surface area contributed by atoms with Gasteiger partial charge in [0.25, 0.3) is 0 Å². The fourth-order valence-corrected chi connectivity index (χ4v) is 5.15. The molecule has 0 fully saturated rings. The Labute approximate surface area is 194 Å². The van der Waals surface area contributed by atoms with Crippen molar-refractivity contribution in [2.24, 2.45) is 0 Å². The Hall–Kier alpha value is -1.89. The molecular weight excluding hydrogens is 410 g/mol. The van der Waals surface area contributed by atoms with Crippen LogP contribution in [0.15, 0.2) is 12.2 Å². The minimum atomic E-state index is -1.12. The lowest BCUT2D eigenvalue weighted by atomic mass is 9.93. The van der Waals surface area contributed by atoms with Gasteiger partial charge in [-0.1, -0.05) is 65.0 Å². The quantitative estimate of drug-likeness (QED) is 0.127. The third kappa shape index (κ3) is 8.93. The molecule has 0 aromatic heterocycles. The minimum Gasteiger partial charge on any atom is -0.477 e. The van der Waals surface area contributed by atoms with Gasteiger partial charge >= 0.3 is 17.9 Å². The van der Waals surface area contributed by atoms with Gasteiger partial charge in [-0.05, 0) is 32.6 Å². The zero-order chi connectivity index (χ0) is 24.6. The van der Waals surface area contributed by atoms with Crippen molar-refractivity contribution in [3.05, 3.63) is 12.2 Å². The summed E-state index contributed by atoms with van der Waals surface area (Å²) in [5, 5.41) is 29.8. The maximum atomic E-state index is 12.2. The van der Waals surface area contributed by atoms with Gasteiger partial charge in [0.2, 0.25) is 0 Å². The molecule has 7 nitrogen and oxygen atoms in total. The smallest absolute Gasteiger partial charge is 0.362 e. The van der Waals surface area contributed by atoms with Crippen molar-refractivity contribution in [2.45, 2.75) is 123 Å². The number of allylic oxidation sites excluding steroid dienone is 2. The predicted octanol–water partition coefficient (Wildman–Crippen LogP) is 5.48. The van der Waals surface area contributed by atoms with Gasteiger partial charge in [-0.15, -0.1) is 0 Å². The Morgan fingerprint density at radius 3 is 1.31 bits per heavy atom. The Morgan fingerprint density at radius 1 is 0.656 bits per heavy atom. The molecular formula is C25H46NO6+. The molecule has 3 N–H and O–H groups in total. The number of unbranched alkanes of at least 4 members (excludes halogenated alkanes) is 8. The van der Waals surface area contributed by atoms with E-state index in [2.05, 4.69) is 12.2 Å². The van der Waals surface area contributed by atoms with Crippen molar-refractivity contribution in [3.8, 4) is 0 Å². The van der Waals surface area contributed by atoms with Crippen LogP contribution in [0.1, 0.15) is 105 Å². The molecule has 7 heteroatoms. The molecule has 0 aliphatic heterocycles. The van der Waals surface area contributed by atoms with Gasteiger partial charge in [0, 0.05) is 19.3 Å². The highest BCUT2D eigenvalue weighted by molar-refractivity contribution is 5.78. The number of carbonyl (C=O) groups is 3. The summed E-state index contributed by atoms with van der Waals surface area (Å²) in [5.41, 5.74) is 0. The number of hydrogen-bond donors (Lipinski definition) is 3. The molecule has 0 aromatic rings. The number of aliphatic carboxylic acids is 3. The fraction of sp³-hybridized carbons (Fsp3) is 0.800. The second-order valence-corrected chi connectivity index (χ2v) is 8.69. The molecule has 3 atom stereocenters.